The fraction of sp³-hybridized carbons (Fsp3) is 0.286. The molecule has 2 amide bonds. The second-order valence-electron chi connectivity index (χ2n) is 8.95. The molecule has 1 heterocycles. The molecule has 0 unspecified atom stereocenters. The van der Waals surface area contributed by atoms with Gasteiger partial charge >= 0.3 is 0 Å². The average Bonchev–Trinajstić information content (AvgIpc) is 3.41. The number of hydrogen-bond donors (Lipinski definition) is 1. The van der Waals surface area contributed by atoms with E-state index in [-0.39, 0.29) is 17.5 Å². The smallest absolute Gasteiger partial charge is 0.259 e. The fourth-order valence-corrected chi connectivity index (χ4v) is 4.71. The van der Waals surface area contributed by atoms with Gasteiger partial charge in [0, 0.05) is 17.3 Å². The van der Waals surface area contributed by atoms with Crippen molar-refractivity contribution in [3.8, 4) is 11.5 Å². The highest BCUT2D eigenvalue weighted by Crippen LogP contribution is 2.35. The first-order valence-corrected chi connectivity index (χ1v) is 12.0. The van der Waals surface area contributed by atoms with Crippen molar-refractivity contribution in [3.05, 3.63) is 89.5 Å². The number of amides is 2. The highest BCUT2D eigenvalue weighted by atomic mass is 19.1. The number of nitrogens with zero attached hydrogens (tertiary/aromatic N) is 1. The molecule has 0 bridgehead atoms. The van der Waals surface area contributed by atoms with Gasteiger partial charge in [0.15, 0.2) is 11.5 Å². The summed E-state index contributed by atoms with van der Waals surface area (Å²) in [6, 6.07) is 14.6. The number of fused-ring (bicyclic) bond motifs is 1. The summed E-state index contributed by atoms with van der Waals surface area (Å²) >= 11 is 0. The van der Waals surface area contributed by atoms with Crippen LogP contribution in [0.4, 0.5) is 14.5 Å². The lowest BCUT2D eigenvalue weighted by atomic mass is 10.0. The van der Waals surface area contributed by atoms with Crippen LogP contribution in [0.2, 0.25) is 0 Å². The fourth-order valence-electron chi connectivity index (χ4n) is 4.71. The van der Waals surface area contributed by atoms with E-state index in [9.17, 15) is 18.4 Å². The van der Waals surface area contributed by atoms with Crippen LogP contribution < -0.4 is 19.7 Å². The highest BCUT2D eigenvalue weighted by molar-refractivity contribution is 6.10. The highest BCUT2D eigenvalue weighted by Gasteiger charge is 2.35. The molecule has 1 saturated carbocycles. The van der Waals surface area contributed by atoms with Crippen molar-refractivity contribution in [3.63, 3.8) is 0 Å². The summed E-state index contributed by atoms with van der Waals surface area (Å²) in [6.07, 6.45) is 3.75. The third-order valence-corrected chi connectivity index (χ3v) is 6.51. The van der Waals surface area contributed by atoms with E-state index < -0.39 is 23.6 Å². The molecule has 1 aliphatic carbocycles. The Bertz CT molecular complexity index is 1240. The summed E-state index contributed by atoms with van der Waals surface area (Å²) in [6.45, 7) is 0.768. The van der Waals surface area contributed by atoms with Gasteiger partial charge in [-0.15, -0.1) is 0 Å². The van der Waals surface area contributed by atoms with Gasteiger partial charge in [-0.2, -0.15) is 0 Å². The largest absolute Gasteiger partial charge is 0.486 e. The Morgan fingerprint density at radius 1 is 0.833 bits per heavy atom. The number of carbonyl (C=O) groups excluding carboxylic acids is 2. The number of anilines is 1. The average molecular weight is 493 g/mol. The zero-order valence-electron chi connectivity index (χ0n) is 19.6. The Kier molecular flexibility index (Phi) is 6.84. The van der Waals surface area contributed by atoms with Crippen LogP contribution in [-0.4, -0.2) is 31.1 Å². The van der Waals surface area contributed by atoms with Gasteiger partial charge in [-0.05, 0) is 73.0 Å². The van der Waals surface area contributed by atoms with Crippen molar-refractivity contribution in [1.82, 2.24) is 5.32 Å². The minimum atomic E-state index is -1.11. The summed E-state index contributed by atoms with van der Waals surface area (Å²) in [4.78, 5) is 29.1. The number of benzene rings is 3. The summed E-state index contributed by atoms with van der Waals surface area (Å²) in [5, 5.41) is 3.06. The van der Waals surface area contributed by atoms with Gasteiger partial charge in [-0.1, -0.05) is 25.0 Å². The quantitative estimate of drug-likeness (QED) is 0.515. The second kappa shape index (κ2) is 10.4. The van der Waals surface area contributed by atoms with Crippen LogP contribution in [0.15, 0.2) is 66.7 Å². The van der Waals surface area contributed by atoms with Gasteiger partial charge in [0.05, 0.1) is 0 Å². The van der Waals surface area contributed by atoms with Crippen molar-refractivity contribution in [1.29, 1.82) is 0 Å². The van der Waals surface area contributed by atoms with E-state index in [4.69, 9.17) is 9.47 Å². The van der Waals surface area contributed by atoms with Crippen LogP contribution >= 0.6 is 0 Å². The number of carbonyl (C=O) groups is 2. The zero-order valence-corrected chi connectivity index (χ0v) is 19.6. The molecule has 6 nitrogen and oxygen atoms in total. The molecular formula is C28H26F2N2O4. The van der Waals surface area contributed by atoms with E-state index in [2.05, 4.69) is 5.32 Å². The van der Waals surface area contributed by atoms with Gasteiger partial charge < -0.3 is 14.8 Å². The maximum absolute atomic E-state index is 14.0. The molecule has 8 heteroatoms. The maximum Gasteiger partial charge on any atom is 0.259 e. The molecule has 3 aromatic carbocycles. The first-order chi connectivity index (χ1) is 17.5. The summed E-state index contributed by atoms with van der Waals surface area (Å²) < 4.78 is 38.8. The number of hydrogen-bond acceptors (Lipinski definition) is 4. The van der Waals surface area contributed by atoms with Crippen molar-refractivity contribution in [2.75, 3.05) is 18.1 Å². The molecule has 0 saturated heterocycles. The van der Waals surface area contributed by atoms with Crippen LogP contribution in [0.1, 0.15) is 47.6 Å². The van der Waals surface area contributed by atoms with Gasteiger partial charge in [0.1, 0.15) is 30.9 Å². The molecule has 1 aliphatic heterocycles. The third kappa shape index (κ3) is 5.03. The van der Waals surface area contributed by atoms with E-state index in [0.29, 0.717) is 36.0 Å². The first kappa shape index (κ1) is 23.8. The van der Waals surface area contributed by atoms with Crippen LogP contribution in [0, 0.1) is 11.6 Å². The van der Waals surface area contributed by atoms with Gasteiger partial charge in [0.2, 0.25) is 5.91 Å². The molecule has 1 N–H and O–H groups in total. The van der Waals surface area contributed by atoms with Gasteiger partial charge in [0.25, 0.3) is 5.91 Å². The molecule has 186 valence electrons. The summed E-state index contributed by atoms with van der Waals surface area (Å²) in [5.41, 5.74) is 1.03. The second-order valence-corrected chi connectivity index (χ2v) is 8.95. The molecule has 0 radical (unpaired) electrons. The van der Waals surface area contributed by atoms with Crippen LogP contribution in [-0.2, 0) is 4.79 Å². The molecule has 36 heavy (non-hydrogen) atoms. The lowest BCUT2D eigenvalue weighted by molar-refractivity contribution is -0.123. The van der Waals surface area contributed by atoms with E-state index in [1.807, 2.05) is 0 Å². The molecule has 1 fully saturated rings. The van der Waals surface area contributed by atoms with Crippen molar-refractivity contribution < 1.29 is 27.8 Å². The Morgan fingerprint density at radius 3 is 2.11 bits per heavy atom. The monoisotopic (exact) mass is 492 g/mol. The Balaban J connectivity index is 1.59. The maximum atomic E-state index is 14.0. The minimum absolute atomic E-state index is 0.0000820. The number of nitrogens with one attached hydrogen (secondary N) is 1. The van der Waals surface area contributed by atoms with E-state index in [0.717, 1.165) is 25.7 Å². The number of ether oxygens (including phenoxy) is 2. The van der Waals surface area contributed by atoms with E-state index >= 15 is 0 Å². The SMILES string of the molecule is O=C(NC1CCCC1)[C@@H](c1ccc(F)cc1)N(C(=O)c1ccc2c(c1)OCCO2)c1ccc(F)cc1. The Hall–Kier alpha value is -3.94. The zero-order chi connectivity index (χ0) is 25.1. The van der Waals surface area contributed by atoms with Crippen LogP contribution in [0.25, 0.3) is 0 Å². The molecule has 0 aromatic heterocycles. The molecule has 0 spiro atoms. The standard InChI is InChI=1S/C28H26F2N2O4/c29-20-8-5-18(6-9-20)26(27(33)31-22-3-1-2-4-22)32(23-12-10-21(30)11-13-23)28(34)19-7-14-24-25(17-19)36-16-15-35-24/h5-14,17,22,26H,1-4,15-16H2,(H,31,33)/t26-/m1/s1. The summed E-state index contributed by atoms with van der Waals surface area (Å²) in [5.74, 6) is -0.849. The molecule has 5 rings (SSSR count). The normalized spacial score (nSPS) is 15.8. The lowest BCUT2D eigenvalue weighted by Crippen LogP contribution is -2.46. The number of rotatable bonds is 6. The van der Waals surface area contributed by atoms with Crippen LogP contribution in [0.5, 0.6) is 11.5 Å². The molecule has 1 atom stereocenters. The molecule has 2 aliphatic rings. The van der Waals surface area contributed by atoms with Crippen molar-refractivity contribution >= 4 is 17.5 Å². The van der Waals surface area contributed by atoms with Gasteiger partial charge in [-0.25, -0.2) is 8.78 Å². The Morgan fingerprint density at radius 2 is 1.44 bits per heavy atom. The lowest BCUT2D eigenvalue weighted by Gasteiger charge is -2.32. The first-order valence-electron chi connectivity index (χ1n) is 12.0. The van der Waals surface area contributed by atoms with Crippen molar-refractivity contribution in [2.45, 2.75) is 37.8 Å². The topological polar surface area (TPSA) is 67.9 Å². The molecular weight excluding hydrogens is 466 g/mol. The molecule has 3 aromatic rings. The van der Waals surface area contributed by atoms with Crippen LogP contribution in [0.3, 0.4) is 0 Å². The predicted molar refractivity (Wildman–Crippen MR) is 130 cm³/mol. The predicted octanol–water partition coefficient (Wildman–Crippen LogP) is 5.18. The van der Waals surface area contributed by atoms with E-state index in [1.165, 1.54) is 53.4 Å². The van der Waals surface area contributed by atoms with Crippen molar-refractivity contribution in [2.24, 2.45) is 0 Å². The minimum Gasteiger partial charge on any atom is -0.486 e. The third-order valence-electron chi connectivity index (χ3n) is 6.51. The van der Waals surface area contributed by atoms with E-state index in [1.54, 1.807) is 18.2 Å². The number of halogens is 2. The Labute approximate surface area is 207 Å². The van der Waals surface area contributed by atoms with Gasteiger partial charge in [-0.3, -0.25) is 14.5 Å². The summed E-state index contributed by atoms with van der Waals surface area (Å²) in [7, 11) is 0.